The van der Waals surface area contributed by atoms with Crippen LogP contribution in [0.3, 0.4) is 0 Å². The topological polar surface area (TPSA) is 41.1 Å². The number of aryl methyl sites for hydroxylation is 1. The molecule has 1 saturated heterocycles. The molecule has 1 N–H and O–H groups in total. The van der Waals surface area contributed by atoms with Crippen LogP contribution in [0.1, 0.15) is 5.69 Å². The molecule has 4 nitrogen and oxygen atoms in total. The van der Waals surface area contributed by atoms with Gasteiger partial charge >= 0.3 is 0 Å². The van der Waals surface area contributed by atoms with Crippen LogP contribution in [0.5, 0.6) is 0 Å². The summed E-state index contributed by atoms with van der Waals surface area (Å²) in [6.07, 6.45) is 1.72. The van der Waals surface area contributed by atoms with Gasteiger partial charge in [0.25, 0.3) is 0 Å². The second kappa shape index (κ2) is 5.54. The van der Waals surface area contributed by atoms with Gasteiger partial charge in [0.15, 0.2) is 0 Å². The van der Waals surface area contributed by atoms with Gasteiger partial charge in [-0.3, -0.25) is 0 Å². The van der Waals surface area contributed by atoms with E-state index in [-0.39, 0.29) is 5.82 Å². The van der Waals surface area contributed by atoms with Crippen LogP contribution in [0.25, 0.3) is 11.1 Å². The van der Waals surface area contributed by atoms with Crippen molar-refractivity contribution in [1.29, 1.82) is 0 Å². The number of benzene rings is 1. The Kier molecular flexibility index (Phi) is 3.60. The molecule has 0 amide bonds. The number of hydrogen-bond donors (Lipinski definition) is 1. The van der Waals surface area contributed by atoms with Gasteiger partial charge in [-0.15, -0.1) is 0 Å². The zero-order valence-corrected chi connectivity index (χ0v) is 11.4. The average Bonchev–Trinajstić information content (AvgIpc) is 2.49. The van der Waals surface area contributed by atoms with Crippen LogP contribution in [0.4, 0.5) is 10.3 Å². The Morgan fingerprint density at radius 1 is 1.15 bits per heavy atom. The number of halogens is 1. The van der Waals surface area contributed by atoms with E-state index in [4.69, 9.17) is 0 Å². The quantitative estimate of drug-likeness (QED) is 0.908. The number of rotatable bonds is 2. The van der Waals surface area contributed by atoms with Gasteiger partial charge < -0.3 is 10.2 Å². The molecular formula is C15H17FN4. The number of nitrogens with zero attached hydrogens (tertiary/aromatic N) is 3. The van der Waals surface area contributed by atoms with Crippen molar-refractivity contribution in [2.24, 2.45) is 0 Å². The highest BCUT2D eigenvalue weighted by Gasteiger charge is 2.15. The van der Waals surface area contributed by atoms with Gasteiger partial charge in [-0.1, -0.05) is 18.2 Å². The Morgan fingerprint density at radius 2 is 1.90 bits per heavy atom. The molecule has 1 fully saturated rings. The first-order chi connectivity index (χ1) is 9.75. The lowest BCUT2D eigenvalue weighted by Gasteiger charge is -2.27. The fraction of sp³-hybridized carbons (Fsp3) is 0.333. The first-order valence-electron chi connectivity index (χ1n) is 6.80. The Labute approximate surface area is 117 Å². The van der Waals surface area contributed by atoms with Crippen molar-refractivity contribution in [1.82, 2.24) is 15.3 Å². The molecular weight excluding hydrogens is 255 g/mol. The predicted octanol–water partition coefficient (Wildman–Crippen LogP) is 2.00. The third kappa shape index (κ3) is 2.49. The SMILES string of the molecule is Cc1nc(N2CCNCC2)ncc1-c1ccccc1F. The summed E-state index contributed by atoms with van der Waals surface area (Å²) in [7, 11) is 0. The fourth-order valence-corrected chi connectivity index (χ4v) is 2.42. The summed E-state index contributed by atoms with van der Waals surface area (Å²) in [5.41, 5.74) is 2.11. The number of nitrogens with one attached hydrogen (secondary N) is 1. The molecule has 0 unspecified atom stereocenters. The lowest BCUT2D eigenvalue weighted by atomic mass is 10.1. The fourth-order valence-electron chi connectivity index (χ4n) is 2.42. The standard InChI is InChI=1S/C15H17FN4/c1-11-13(12-4-2-3-5-14(12)16)10-18-15(19-11)20-8-6-17-7-9-20/h2-5,10,17H,6-9H2,1H3. The van der Waals surface area contributed by atoms with Gasteiger partial charge in [0.2, 0.25) is 5.95 Å². The molecule has 3 rings (SSSR count). The normalized spacial score (nSPS) is 15.4. The van der Waals surface area contributed by atoms with Crippen molar-refractivity contribution >= 4 is 5.95 Å². The van der Waals surface area contributed by atoms with Gasteiger partial charge in [-0.25, -0.2) is 14.4 Å². The molecule has 2 aromatic rings. The van der Waals surface area contributed by atoms with Crippen LogP contribution in [0.2, 0.25) is 0 Å². The molecule has 0 atom stereocenters. The van der Waals surface area contributed by atoms with E-state index in [1.54, 1.807) is 18.3 Å². The van der Waals surface area contributed by atoms with E-state index < -0.39 is 0 Å². The van der Waals surface area contributed by atoms with Crippen molar-refractivity contribution in [3.8, 4) is 11.1 Å². The number of piperazine rings is 1. The molecule has 0 saturated carbocycles. The van der Waals surface area contributed by atoms with Crippen LogP contribution in [0, 0.1) is 12.7 Å². The number of aromatic nitrogens is 2. The van der Waals surface area contributed by atoms with Crippen LogP contribution < -0.4 is 10.2 Å². The summed E-state index contributed by atoms with van der Waals surface area (Å²) >= 11 is 0. The second-order valence-corrected chi connectivity index (χ2v) is 4.89. The van der Waals surface area contributed by atoms with Crippen molar-refractivity contribution in [3.05, 3.63) is 42.0 Å². The van der Waals surface area contributed by atoms with Gasteiger partial charge in [-0.2, -0.15) is 0 Å². The molecule has 20 heavy (non-hydrogen) atoms. The summed E-state index contributed by atoms with van der Waals surface area (Å²) in [5, 5.41) is 3.30. The lowest BCUT2D eigenvalue weighted by molar-refractivity contribution is 0.579. The van der Waals surface area contributed by atoms with Crippen molar-refractivity contribution in [3.63, 3.8) is 0 Å². The van der Waals surface area contributed by atoms with Gasteiger partial charge in [-0.05, 0) is 13.0 Å². The van der Waals surface area contributed by atoms with E-state index in [2.05, 4.69) is 20.2 Å². The monoisotopic (exact) mass is 272 g/mol. The first kappa shape index (κ1) is 13.0. The van der Waals surface area contributed by atoms with Gasteiger partial charge in [0.05, 0.1) is 5.69 Å². The summed E-state index contributed by atoms with van der Waals surface area (Å²) in [5.74, 6) is 0.484. The molecule has 5 heteroatoms. The molecule has 104 valence electrons. The largest absolute Gasteiger partial charge is 0.338 e. The van der Waals surface area contributed by atoms with Gasteiger partial charge in [0, 0.05) is 43.5 Å². The predicted molar refractivity (Wildman–Crippen MR) is 77.2 cm³/mol. The Hall–Kier alpha value is -2.01. The number of hydrogen-bond acceptors (Lipinski definition) is 4. The maximum Gasteiger partial charge on any atom is 0.225 e. The van der Waals surface area contributed by atoms with Crippen molar-refractivity contribution in [2.75, 3.05) is 31.1 Å². The highest BCUT2D eigenvalue weighted by molar-refractivity contribution is 5.66. The molecule has 1 aliphatic rings. The third-order valence-electron chi connectivity index (χ3n) is 3.53. The van der Waals surface area contributed by atoms with E-state index in [1.165, 1.54) is 6.07 Å². The highest BCUT2D eigenvalue weighted by atomic mass is 19.1. The molecule has 0 spiro atoms. The Morgan fingerprint density at radius 3 is 2.60 bits per heavy atom. The minimum atomic E-state index is -0.242. The lowest BCUT2D eigenvalue weighted by Crippen LogP contribution is -2.44. The minimum absolute atomic E-state index is 0.242. The first-order valence-corrected chi connectivity index (χ1v) is 6.80. The van der Waals surface area contributed by atoms with Crippen molar-refractivity contribution in [2.45, 2.75) is 6.92 Å². The Bertz CT molecular complexity index is 609. The van der Waals surface area contributed by atoms with E-state index in [0.29, 0.717) is 5.56 Å². The average molecular weight is 272 g/mol. The zero-order chi connectivity index (χ0) is 13.9. The molecule has 1 aromatic heterocycles. The zero-order valence-electron chi connectivity index (χ0n) is 11.4. The van der Waals surface area contributed by atoms with Gasteiger partial charge in [0.1, 0.15) is 5.82 Å². The third-order valence-corrected chi connectivity index (χ3v) is 3.53. The summed E-state index contributed by atoms with van der Waals surface area (Å²) < 4.78 is 13.8. The summed E-state index contributed by atoms with van der Waals surface area (Å²) in [4.78, 5) is 11.1. The summed E-state index contributed by atoms with van der Waals surface area (Å²) in [6.45, 7) is 5.58. The van der Waals surface area contributed by atoms with E-state index in [9.17, 15) is 4.39 Å². The minimum Gasteiger partial charge on any atom is -0.338 e. The van der Waals surface area contributed by atoms with Crippen LogP contribution >= 0.6 is 0 Å². The van der Waals surface area contributed by atoms with Crippen LogP contribution in [-0.2, 0) is 0 Å². The highest BCUT2D eigenvalue weighted by Crippen LogP contribution is 2.25. The smallest absolute Gasteiger partial charge is 0.225 e. The second-order valence-electron chi connectivity index (χ2n) is 4.89. The van der Waals surface area contributed by atoms with E-state index in [0.717, 1.165) is 43.4 Å². The van der Waals surface area contributed by atoms with E-state index in [1.807, 2.05) is 13.0 Å². The maximum absolute atomic E-state index is 13.8. The summed E-state index contributed by atoms with van der Waals surface area (Å²) in [6, 6.07) is 6.72. The molecule has 1 aromatic carbocycles. The van der Waals surface area contributed by atoms with Crippen LogP contribution in [0.15, 0.2) is 30.5 Å². The molecule has 2 heterocycles. The molecule has 0 aliphatic carbocycles. The maximum atomic E-state index is 13.8. The molecule has 0 bridgehead atoms. The number of anilines is 1. The van der Waals surface area contributed by atoms with E-state index >= 15 is 0 Å². The molecule has 0 radical (unpaired) electrons. The van der Waals surface area contributed by atoms with Crippen molar-refractivity contribution < 1.29 is 4.39 Å². The Balaban J connectivity index is 1.93. The molecule has 1 aliphatic heterocycles. The van der Waals surface area contributed by atoms with Crippen LogP contribution in [-0.4, -0.2) is 36.1 Å².